The van der Waals surface area contributed by atoms with Crippen LogP contribution in [0.15, 0.2) is 30.6 Å². The largest absolute Gasteiger partial charge is 0.393 e. The van der Waals surface area contributed by atoms with Crippen LogP contribution < -0.4 is 0 Å². The minimum Gasteiger partial charge on any atom is -0.393 e. The Balaban J connectivity index is 2.32. The molecule has 0 saturated heterocycles. The molecule has 1 heterocycles. The highest BCUT2D eigenvalue weighted by Crippen LogP contribution is 2.21. The predicted octanol–water partition coefficient (Wildman–Crippen LogP) is 1.90. The predicted molar refractivity (Wildman–Crippen MR) is 69.8 cm³/mol. The van der Waals surface area contributed by atoms with Crippen molar-refractivity contribution in [2.24, 2.45) is 0 Å². The first kappa shape index (κ1) is 14.1. The Morgan fingerprint density at radius 1 is 1.55 bits per heavy atom. The molecule has 0 amide bonds. The second-order valence-electron chi connectivity index (χ2n) is 4.55. The molecule has 1 atom stereocenters. The number of aliphatic hydroxyl groups is 1. The molecule has 0 spiro atoms. The van der Waals surface area contributed by atoms with Crippen LogP contribution in [0.5, 0.6) is 0 Å². The van der Waals surface area contributed by atoms with E-state index in [1.165, 1.54) is 0 Å². The number of imidazole rings is 1. The topological polar surface area (TPSA) is 81.2 Å². The summed E-state index contributed by atoms with van der Waals surface area (Å²) in [5, 5.41) is 20.3. The molecule has 0 aliphatic rings. The van der Waals surface area contributed by atoms with Gasteiger partial charge in [0.05, 0.1) is 23.1 Å². The minimum absolute atomic E-state index is 0.135. The van der Waals surface area contributed by atoms with Crippen LogP contribution in [0.2, 0.25) is 0 Å². The molecule has 2 aromatic rings. The van der Waals surface area contributed by atoms with E-state index >= 15 is 0 Å². The van der Waals surface area contributed by atoms with Crippen molar-refractivity contribution >= 4 is 5.69 Å². The number of hydrogen-bond acceptors (Lipinski definition) is 4. The number of benzene rings is 1. The van der Waals surface area contributed by atoms with Crippen molar-refractivity contribution < 1.29 is 14.4 Å². The van der Waals surface area contributed by atoms with Gasteiger partial charge in [-0.25, -0.2) is 9.37 Å². The van der Waals surface area contributed by atoms with Gasteiger partial charge in [0.15, 0.2) is 0 Å². The molecule has 106 valence electrons. The van der Waals surface area contributed by atoms with Crippen LogP contribution in [-0.2, 0) is 13.0 Å². The fraction of sp³-hybridized carbons (Fsp3) is 0.308. The second-order valence-corrected chi connectivity index (χ2v) is 4.55. The van der Waals surface area contributed by atoms with Crippen LogP contribution in [0.25, 0.3) is 0 Å². The second kappa shape index (κ2) is 5.79. The lowest BCUT2D eigenvalue weighted by atomic mass is 10.1. The third kappa shape index (κ3) is 3.18. The molecule has 7 heteroatoms. The number of nitrogens with zero attached hydrogens (tertiary/aromatic N) is 3. The number of hydrogen-bond donors (Lipinski definition) is 1. The van der Waals surface area contributed by atoms with Crippen LogP contribution in [0.1, 0.15) is 18.3 Å². The van der Waals surface area contributed by atoms with Crippen molar-refractivity contribution in [2.75, 3.05) is 0 Å². The summed E-state index contributed by atoms with van der Waals surface area (Å²) >= 11 is 0. The van der Waals surface area contributed by atoms with E-state index in [0.29, 0.717) is 12.2 Å². The Morgan fingerprint density at radius 2 is 2.30 bits per heavy atom. The van der Waals surface area contributed by atoms with Gasteiger partial charge in [-0.1, -0.05) is 0 Å². The zero-order valence-electron chi connectivity index (χ0n) is 10.9. The van der Waals surface area contributed by atoms with E-state index in [0.717, 1.165) is 18.2 Å². The first-order valence-corrected chi connectivity index (χ1v) is 6.08. The first-order valence-electron chi connectivity index (χ1n) is 6.08. The van der Waals surface area contributed by atoms with Crippen molar-refractivity contribution in [1.82, 2.24) is 9.55 Å². The Morgan fingerprint density at radius 3 is 2.95 bits per heavy atom. The monoisotopic (exact) mass is 279 g/mol. The summed E-state index contributed by atoms with van der Waals surface area (Å²) in [5.74, 6) is 0.0707. The zero-order valence-corrected chi connectivity index (χ0v) is 10.9. The summed E-state index contributed by atoms with van der Waals surface area (Å²) in [6.45, 7) is 1.76. The van der Waals surface area contributed by atoms with Gasteiger partial charge in [-0.2, -0.15) is 0 Å². The summed E-state index contributed by atoms with van der Waals surface area (Å²) < 4.78 is 14.9. The maximum absolute atomic E-state index is 13.3. The van der Waals surface area contributed by atoms with E-state index in [9.17, 15) is 19.6 Å². The summed E-state index contributed by atoms with van der Waals surface area (Å²) in [6.07, 6.45) is 2.95. The Labute approximate surface area is 114 Å². The van der Waals surface area contributed by atoms with Crippen LogP contribution >= 0.6 is 0 Å². The van der Waals surface area contributed by atoms with Crippen molar-refractivity contribution in [1.29, 1.82) is 0 Å². The molecular weight excluding hydrogens is 265 g/mol. The van der Waals surface area contributed by atoms with Gasteiger partial charge in [0.1, 0.15) is 11.6 Å². The van der Waals surface area contributed by atoms with Gasteiger partial charge in [0, 0.05) is 24.9 Å². The number of nitro groups is 1. The van der Waals surface area contributed by atoms with Crippen LogP contribution in [0, 0.1) is 15.9 Å². The number of rotatable bonds is 5. The quantitative estimate of drug-likeness (QED) is 0.669. The third-order valence-electron chi connectivity index (χ3n) is 2.86. The Hall–Kier alpha value is -2.28. The normalized spacial score (nSPS) is 12.3. The average Bonchev–Trinajstić information content (AvgIpc) is 2.75. The number of aromatic nitrogens is 2. The molecule has 0 bridgehead atoms. The molecule has 0 fully saturated rings. The van der Waals surface area contributed by atoms with Crippen molar-refractivity contribution in [2.45, 2.75) is 26.0 Å². The molecule has 0 radical (unpaired) electrons. The summed E-state index contributed by atoms with van der Waals surface area (Å²) in [6, 6.07) is 3.35. The molecule has 0 saturated carbocycles. The van der Waals surface area contributed by atoms with Crippen LogP contribution in [-0.4, -0.2) is 25.7 Å². The van der Waals surface area contributed by atoms with Gasteiger partial charge < -0.3 is 9.67 Å². The lowest BCUT2D eigenvalue weighted by Crippen LogP contribution is -2.12. The molecule has 0 aliphatic heterocycles. The van der Waals surface area contributed by atoms with Crippen LogP contribution in [0.3, 0.4) is 0 Å². The number of aliphatic hydroxyl groups excluding tert-OH is 1. The molecule has 6 nitrogen and oxygen atoms in total. The summed E-state index contributed by atoms with van der Waals surface area (Å²) in [5.41, 5.74) is 0.128. The highest BCUT2D eigenvalue weighted by Gasteiger charge is 2.16. The van der Waals surface area contributed by atoms with E-state index in [1.54, 1.807) is 23.9 Å². The fourth-order valence-corrected chi connectivity index (χ4v) is 1.98. The van der Waals surface area contributed by atoms with Gasteiger partial charge in [-0.15, -0.1) is 0 Å². The maximum atomic E-state index is 13.3. The lowest BCUT2D eigenvalue weighted by Gasteiger charge is -2.09. The van der Waals surface area contributed by atoms with Gasteiger partial charge in [0.2, 0.25) is 0 Å². The molecule has 2 rings (SSSR count). The molecular formula is C13H14FN3O3. The molecule has 1 N–H and O–H groups in total. The van der Waals surface area contributed by atoms with E-state index < -0.39 is 16.8 Å². The smallest absolute Gasteiger partial charge is 0.274 e. The van der Waals surface area contributed by atoms with E-state index in [4.69, 9.17) is 0 Å². The van der Waals surface area contributed by atoms with E-state index in [1.807, 2.05) is 0 Å². The van der Waals surface area contributed by atoms with E-state index in [2.05, 4.69) is 4.98 Å². The van der Waals surface area contributed by atoms with Gasteiger partial charge in [0.25, 0.3) is 5.69 Å². The number of halogens is 1. The number of nitro benzene ring substituents is 1. The van der Waals surface area contributed by atoms with E-state index in [-0.39, 0.29) is 17.8 Å². The lowest BCUT2D eigenvalue weighted by molar-refractivity contribution is -0.385. The Bertz CT molecular complexity index is 625. The molecule has 1 aromatic heterocycles. The molecule has 1 unspecified atom stereocenters. The fourth-order valence-electron chi connectivity index (χ4n) is 1.98. The van der Waals surface area contributed by atoms with Gasteiger partial charge >= 0.3 is 0 Å². The zero-order chi connectivity index (χ0) is 14.7. The van der Waals surface area contributed by atoms with Gasteiger partial charge in [-0.05, 0) is 19.1 Å². The third-order valence-corrected chi connectivity index (χ3v) is 2.86. The summed E-state index contributed by atoms with van der Waals surface area (Å²) in [4.78, 5) is 14.5. The van der Waals surface area contributed by atoms with Gasteiger partial charge in [-0.3, -0.25) is 10.1 Å². The standard InChI is InChI=1S/C13H14FN3O3/c1-9(18)6-13-15-4-5-16(13)8-10-7-11(14)2-3-12(10)17(19)20/h2-5,7,9,18H,6,8H2,1H3. The average molecular weight is 279 g/mol. The van der Waals surface area contributed by atoms with Crippen molar-refractivity contribution in [3.05, 3.63) is 57.9 Å². The van der Waals surface area contributed by atoms with Crippen molar-refractivity contribution in [3.63, 3.8) is 0 Å². The SMILES string of the molecule is CC(O)Cc1nccn1Cc1cc(F)ccc1[N+](=O)[O-]. The molecule has 0 aliphatic carbocycles. The van der Waals surface area contributed by atoms with Crippen LogP contribution in [0.4, 0.5) is 10.1 Å². The summed E-state index contributed by atoms with van der Waals surface area (Å²) in [7, 11) is 0. The van der Waals surface area contributed by atoms with Crippen molar-refractivity contribution in [3.8, 4) is 0 Å². The highest BCUT2D eigenvalue weighted by atomic mass is 19.1. The minimum atomic E-state index is -0.571. The maximum Gasteiger partial charge on any atom is 0.274 e. The highest BCUT2D eigenvalue weighted by molar-refractivity contribution is 5.40. The molecule has 20 heavy (non-hydrogen) atoms. The Kier molecular flexibility index (Phi) is 4.09. The molecule has 1 aromatic carbocycles. The first-order chi connectivity index (χ1) is 9.47.